The highest BCUT2D eigenvalue weighted by molar-refractivity contribution is 5.93. The first-order chi connectivity index (χ1) is 13.3. The SMILES string of the molecule is O=C(NCc1n[nH]c(COc2ccccc2)n1)c1ncoc1[C@@H]1CCCO1. The molecular weight excluding hydrogens is 350 g/mol. The van der Waals surface area contributed by atoms with Crippen molar-refractivity contribution < 1.29 is 18.7 Å². The number of carbonyl (C=O) groups is 1. The maximum Gasteiger partial charge on any atom is 0.274 e. The Morgan fingerprint density at radius 2 is 2.22 bits per heavy atom. The number of para-hydroxylation sites is 1. The molecule has 9 nitrogen and oxygen atoms in total. The summed E-state index contributed by atoms with van der Waals surface area (Å²) in [6, 6.07) is 9.43. The molecule has 4 rings (SSSR count). The average Bonchev–Trinajstić information content (AvgIpc) is 3.46. The summed E-state index contributed by atoms with van der Waals surface area (Å²) in [4.78, 5) is 20.7. The van der Waals surface area contributed by atoms with Crippen LogP contribution >= 0.6 is 0 Å². The standard InChI is InChI=1S/C18H19N5O4/c24-18(16-17(27-11-20-16)13-7-4-8-25-13)19-9-14-21-15(23-22-14)10-26-12-5-2-1-3-6-12/h1-3,5-6,11,13H,4,7-10H2,(H,19,24)(H,21,22,23)/t13-/m0/s1. The van der Waals surface area contributed by atoms with Gasteiger partial charge in [0.15, 0.2) is 29.5 Å². The summed E-state index contributed by atoms with van der Waals surface area (Å²) in [7, 11) is 0. The van der Waals surface area contributed by atoms with Crippen LogP contribution in [0.5, 0.6) is 5.75 Å². The van der Waals surface area contributed by atoms with Crippen LogP contribution in [-0.4, -0.2) is 32.7 Å². The Morgan fingerprint density at radius 1 is 1.33 bits per heavy atom. The molecule has 0 aliphatic carbocycles. The lowest BCUT2D eigenvalue weighted by molar-refractivity contribution is 0.0860. The van der Waals surface area contributed by atoms with E-state index in [1.54, 1.807) is 0 Å². The number of aromatic nitrogens is 4. The molecule has 0 unspecified atom stereocenters. The fourth-order valence-corrected chi connectivity index (χ4v) is 2.83. The number of nitrogens with one attached hydrogen (secondary N) is 2. The van der Waals surface area contributed by atoms with Crippen LogP contribution in [-0.2, 0) is 17.9 Å². The first kappa shape index (κ1) is 17.2. The molecule has 0 spiro atoms. The maximum absolute atomic E-state index is 12.4. The van der Waals surface area contributed by atoms with E-state index < -0.39 is 0 Å². The second kappa shape index (κ2) is 8.00. The van der Waals surface area contributed by atoms with Gasteiger partial charge in [-0.05, 0) is 25.0 Å². The van der Waals surface area contributed by atoms with Gasteiger partial charge in [0.05, 0.1) is 6.54 Å². The molecule has 0 radical (unpaired) electrons. The van der Waals surface area contributed by atoms with Crippen LogP contribution in [0.1, 0.15) is 46.8 Å². The maximum atomic E-state index is 12.4. The lowest BCUT2D eigenvalue weighted by Crippen LogP contribution is -2.25. The largest absolute Gasteiger partial charge is 0.486 e. The van der Waals surface area contributed by atoms with Crippen molar-refractivity contribution in [3.63, 3.8) is 0 Å². The number of benzene rings is 1. The first-order valence-electron chi connectivity index (χ1n) is 8.71. The van der Waals surface area contributed by atoms with Crippen molar-refractivity contribution in [1.29, 1.82) is 0 Å². The second-order valence-electron chi connectivity index (χ2n) is 6.05. The monoisotopic (exact) mass is 369 g/mol. The molecule has 3 heterocycles. The molecule has 140 valence electrons. The highest BCUT2D eigenvalue weighted by atomic mass is 16.5. The Balaban J connectivity index is 1.31. The van der Waals surface area contributed by atoms with Crippen molar-refractivity contribution in [1.82, 2.24) is 25.5 Å². The van der Waals surface area contributed by atoms with E-state index in [0.29, 0.717) is 24.0 Å². The van der Waals surface area contributed by atoms with Gasteiger partial charge >= 0.3 is 0 Å². The number of hydrogen-bond acceptors (Lipinski definition) is 7. The summed E-state index contributed by atoms with van der Waals surface area (Å²) >= 11 is 0. The van der Waals surface area contributed by atoms with E-state index in [1.807, 2.05) is 30.3 Å². The first-order valence-corrected chi connectivity index (χ1v) is 8.71. The van der Waals surface area contributed by atoms with Crippen LogP contribution in [0.4, 0.5) is 0 Å². The molecule has 3 aromatic rings. The van der Waals surface area contributed by atoms with E-state index in [9.17, 15) is 4.79 Å². The van der Waals surface area contributed by atoms with Crippen molar-refractivity contribution in [2.24, 2.45) is 0 Å². The molecule has 1 aromatic carbocycles. The Hall–Kier alpha value is -3.20. The van der Waals surface area contributed by atoms with E-state index in [4.69, 9.17) is 13.9 Å². The zero-order valence-electron chi connectivity index (χ0n) is 14.6. The van der Waals surface area contributed by atoms with Gasteiger partial charge in [0.2, 0.25) is 0 Å². The number of ether oxygens (including phenoxy) is 2. The van der Waals surface area contributed by atoms with Crippen molar-refractivity contribution in [2.45, 2.75) is 32.1 Å². The number of nitrogens with zero attached hydrogens (tertiary/aromatic N) is 3. The minimum atomic E-state index is -0.346. The van der Waals surface area contributed by atoms with Crippen LogP contribution in [0.3, 0.4) is 0 Å². The summed E-state index contributed by atoms with van der Waals surface area (Å²) in [5.41, 5.74) is 0.241. The molecule has 1 aliphatic heterocycles. The van der Waals surface area contributed by atoms with Crippen LogP contribution in [0, 0.1) is 0 Å². The average molecular weight is 369 g/mol. The molecule has 0 bridgehead atoms. The number of H-pyrrole nitrogens is 1. The Bertz CT molecular complexity index is 886. The highest BCUT2D eigenvalue weighted by Gasteiger charge is 2.27. The van der Waals surface area contributed by atoms with Crippen molar-refractivity contribution in [3.05, 3.63) is 59.8 Å². The number of hydrogen-bond donors (Lipinski definition) is 2. The predicted molar refractivity (Wildman–Crippen MR) is 92.8 cm³/mol. The fraction of sp³-hybridized carbons (Fsp3) is 0.333. The second-order valence-corrected chi connectivity index (χ2v) is 6.05. The van der Waals surface area contributed by atoms with Crippen LogP contribution in [0.15, 0.2) is 41.1 Å². The minimum Gasteiger partial charge on any atom is -0.486 e. The van der Waals surface area contributed by atoms with Crippen LogP contribution in [0.2, 0.25) is 0 Å². The zero-order chi connectivity index (χ0) is 18.5. The molecule has 1 atom stereocenters. The molecule has 2 aromatic heterocycles. The molecular formula is C18H19N5O4. The van der Waals surface area contributed by atoms with Gasteiger partial charge in [0.25, 0.3) is 5.91 Å². The summed E-state index contributed by atoms with van der Waals surface area (Å²) in [5.74, 6) is 1.90. The van der Waals surface area contributed by atoms with Crippen molar-refractivity contribution >= 4 is 5.91 Å². The van der Waals surface area contributed by atoms with Gasteiger partial charge in [0, 0.05) is 6.61 Å². The number of rotatable bonds is 7. The summed E-state index contributed by atoms with van der Waals surface area (Å²) < 4.78 is 16.5. The predicted octanol–water partition coefficient (Wildman–Crippen LogP) is 2.15. The molecule has 1 aliphatic rings. The summed E-state index contributed by atoms with van der Waals surface area (Å²) in [6.45, 7) is 1.09. The lowest BCUT2D eigenvalue weighted by atomic mass is 10.1. The van der Waals surface area contributed by atoms with E-state index in [-0.39, 0.29) is 30.9 Å². The zero-order valence-corrected chi connectivity index (χ0v) is 14.6. The molecule has 2 N–H and O–H groups in total. The topological polar surface area (TPSA) is 115 Å². The molecule has 0 saturated carbocycles. The molecule has 9 heteroatoms. The van der Waals surface area contributed by atoms with Gasteiger partial charge in [-0.25, -0.2) is 9.97 Å². The Kier molecular flexibility index (Phi) is 5.10. The Morgan fingerprint density at radius 3 is 3.04 bits per heavy atom. The lowest BCUT2D eigenvalue weighted by Gasteiger charge is -2.07. The molecule has 1 amide bonds. The fourth-order valence-electron chi connectivity index (χ4n) is 2.83. The third kappa shape index (κ3) is 4.14. The molecule has 1 saturated heterocycles. The summed E-state index contributed by atoms with van der Waals surface area (Å²) in [5, 5.41) is 9.63. The summed E-state index contributed by atoms with van der Waals surface area (Å²) in [6.07, 6.45) is 2.81. The third-order valence-electron chi connectivity index (χ3n) is 4.14. The van der Waals surface area contributed by atoms with Crippen molar-refractivity contribution in [3.8, 4) is 5.75 Å². The minimum absolute atomic E-state index is 0.165. The van der Waals surface area contributed by atoms with Gasteiger partial charge in [-0.2, -0.15) is 5.10 Å². The van der Waals surface area contributed by atoms with E-state index in [0.717, 1.165) is 18.6 Å². The number of amides is 1. The highest BCUT2D eigenvalue weighted by Crippen LogP contribution is 2.30. The van der Waals surface area contributed by atoms with Gasteiger partial charge in [0.1, 0.15) is 18.5 Å². The van der Waals surface area contributed by atoms with Crippen LogP contribution < -0.4 is 10.1 Å². The third-order valence-corrected chi connectivity index (χ3v) is 4.14. The van der Waals surface area contributed by atoms with Gasteiger partial charge in [-0.1, -0.05) is 18.2 Å². The quantitative estimate of drug-likeness (QED) is 0.655. The van der Waals surface area contributed by atoms with Gasteiger partial charge in [-0.3, -0.25) is 9.89 Å². The van der Waals surface area contributed by atoms with Crippen molar-refractivity contribution in [2.75, 3.05) is 6.61 Å². The van der Waals surface area contributed by atoms with E-state index in [1.165, 1.54) is 6.39 Å². The van der Waals surface area contributed by atoms with Crippen LogP contribution in [0.25, 0.3) is 0 Å². The van der Waals surface area contributed by atoms with E-state index >= 15 is 0 Å². The smallest absolute Gasteiger partial charge is 0.274 e. The molecule has 27 heavy (non-hydrogen) atoms. The van der Waals surface area contributed by atoms with E-state index in [2.05, 4.69) is 25.5 Å². The number of carbonyl (C=O) groups excluding carboxylic acids is 1. The number of aromatic amines is 1. The number of oxazole rings is 1. The van der Waals surface area contributed by atoms with Gasteiger partial charge < -0.3 is 19.2 Å². The van der Waals surface area contributed by atoms with Gasteiger partial charge in [-0.15, -0.1) is 0 Å². The molecule has 1 fully saturated rings. The Labute approximate surface area is 155 Å². The normalized spacial score (nSPS) is 16.4.